The molecule has 20 heavy (non-hydrogen) atoms. The molecule has 1 aromatic carbocycles. The van der Waals surface area contributed by atoms with Crippen LogP contribution < -0.4 is 5.32 Å². The van der Waals surface area contributed by atoms with Crippen molar-refractivity contribution >= 4 is 0 Å². The monoisotopic (exact) mass is 274 g/mol. The van der Waals surface area contributed by atoms with Crippen LogP contribution in [0.15, 0.2) is 48.8 Å². The van der Waals surface area contributed by atoms with Crippen molar-refractivity contribution in [1.29, 1.82) is 0 Å². The summed E-state index contributed by atoms with van der Waals surface area (Å²) in [7, 11) is 0. The molecule has 1 aromatic heterocycles. The molecule has 2 rings (SSSR count). The first-order chi connectivity index (χ1) is 9.69. The molecule has 3 nitrogen and oxygen atoms in total. The number of pyridine rings is 1. The zero-order chi connectivity index (χ0) is 14.4. The van der Waals surface area contributed by atoms with Gasteiger partial charge in [-0.2, -0.15) is 0 Å². The van der Waals surface area contributed by atoms with Crippen LogP contribution in [-0.4, -0.2) is 22.7 Å². The second kappa shape index (κ2) is 7.12. The van der Waals surface area contributed by atoms with Gasteiger partial charge in [0.05, 0.1) is 12.8 Å². The van der Waals surface area contributed by atoms with Crippen LogP contribution in [0.2, 0.25) is 0 Å². The number of nitrogens with zero attached hydrogens (tertiary/aromatic N) is 1. The minimum absolute atomic E-state index is 0.0297. The van der Waals surface area contributed by atoms with Gasteiger partial charge in [-0.15, -0.1) is 0 Å². The van der Waals surface area contributed by atoms with Crippen LogP contribution in [0.1, 0.15) is 24.1 Å². The summed E-state index contributed by atoms with van der Waals surface area (Å²) < 4.78 is 13.2. The average Bonchev–Trinajstić information content (AvgIpc) is 2.47. The molecule has 0 saturated heterocycles. The van der Waals surface area contributed by atoms with Crippen molar-refractivity contribution in [2.45, 2.75) is 25.4 Å². The summed E-state index contributed by atoms with van der Waals surface area (Å²) in [5.41, 5.74) is 1.93. The maximum absolute atomic E-state index is 13.2. The van der Waals surface area contributed by atoms with Gasteiger partial charge in [-0.1, -0.05) is 30.3 Å². The lowest BCUT2D eigenvalue weighted by atomic mass is 10.0. The lowest BCUT2D eigenvalue weighted by molar-refractivity contribution is 0.232. The third kappa shape index (κ3) is 4.11. The van der Waals surface area contributed by atoms with E-state index in [1.165, 1.54) is 12.3 Å². The van der Waals surface area contributed by atoms with Crippen molar-refractivity contribution in [3.05, 3.63) is 65.7 Å². The number of halogens is 1. The van der Waals surface area contributed by atoms with Crippen LogP contribution in [0, 0.1) is 5.82 Å². The van der Waals surface area contributed by atoms with E-state index in [4.69, 9.17) is 0 Å². The summed E-state index contributed by atoms with van der Waals surface area (Å²) in [6.07, 6.45) is 3.55. The highest BCUT2D eigenvalue weighted by atomic mass is 19.1. The molecule has 0 spiro atoms. The smallest absolute Gasteiger partial charge is 0.141 e. The van der Waals surface area contributed by atoms with Crippen LogP contribution in [0.4, 0.5) is 4.39 Å². The van der Waals surface area contributed by atoms with E-state index >= 15 is 0 Å². The first-order valence-corrected chi connectivity index (χ1v) is 6.70. The first kappa shape index (κ1) is 14.6. The summed E-state index contributed by atoms with van der Waals surface area (Å²) in [5.74, 6) is -0.347. The van der Waals surface area contributed by atoms with E-state index in [9.17, 15) is 9.50 Å². The van der Waals surface area contributed by atoms with Crippen molar-refractivity contribution in [3.8, 4) is 0 Å². The number of hydrogen-bond donors (Lipinski definition) is 2. The minimum atomic E-state index is -0.347. The van der Waals surface area contributed by atoms with Crippen LogP contribution in [0.25, 0.3) is 0 Å². The Bertz CT molecular complexity index is 533. The van der Waals surface area contributed by atoms with Gasteiger partial charge < -0.3 is 10.4 Å². The zero-order valence-corrected chi connectivity index (χ0v) is 11.5. The molecule has 4 heteroatoms. The van der Waals surface area contributed by atoms with E-state index in [1.54, 1.807) is 6.20 Å². The molecule has 0 radical (unpaired) electrons. The lowest BCUT2D eigenvalue weighted by Crippen LogP contribution is -2.36. The highest BCUT2D eigenvalue weighted by Gasteiger charge is 2.14. The molecule has 2 N–H and O–H groups in total. The predicted octanol–water partition coefficient (Wildman–Crippen LogP) is 2.47. The molecule has 1 heterocycles. The van der Waals surface area contributed by atoms with Crippen molar-refractivity contribution in [3.63, 3.8) is 0 Å². The van der Waals surface area contributed by atoms with Crippen molar-refractivity contribution < 1.29 is 9.50 Å². The Morgan fingerprint density at radius 1 is 1.25 bits per heavy atom. The average molecular weight is 274 g/mol. The van der Waals surface area contributed by atoms with E-state index in [2.05, 4.69) is 10.3 Å². The molecular formula is C16H19FN2O. The Hall–Kier alpha value is -1.78. The molecule has 0 bridgehead atoms. The number of nitrogens with one attached hydrogen (secondary N) is 1. The van der Waals surface area contributed by atoms with Crippen molar-refractivity contribution in [2.24, 2.45) is 0 Å². The third-order valence-electron chi connectivity index (χ3n) is 3.26. The SMILES string of the molecule is CC(N[C@H](CO)Cc1ccccc1)c1cncc(F)c1. The number of hydrogen-bond acceptors (Lipinski definition) is 3. The Kier molecular flexibility index (Phi) is 5.21. The summed E-state index contributed by atoms with van der Waals surface area (Å²) >= 11 is 0. The molecule has 0 fully saturated rings. The van der Waals surface area contributed by atoms with E-state index < -0.39 is 0 Å². The van der Waals surface area contributed by atoms with E-state index in [1.807, 2.05) is 37.3 Å². The van der Waals surface area contributed by atoms with Crippen molar-refractivity contribution in [1.82, 2.24) is 10.3 Å². The summed E-state index contributed by atoms with van der Waals surface area (Å²) in [5, 5.41) is 12.8. The number of aliphatic hydroxyl groups excluding tert-OH is 1. The van der Waals surface area contributed by atoms with Gasteiger partial charge in [0.1, 0.15) is 5.82 Å². The molecule has 2 atom stereocenters. The highest BCUT2D eigenvalue weighted by molar-refractivity contribution is 5.17. The van der Waals surface area contributed by atoms with Crippen LogP contribution in [0.3, 0.4) is 0 Å². The number of rotatable bonds is 6. The van der Waals surface area contributed by atoms with E-state index in [-0.39, 0.29) is 24.5 Å². The standard InChI is InChI=1S/C16H19FN2O/c1-12(14-8-15(17)10-18-9-14)19-16(11-20)7-13-5-3-2-4-6-13/h2-6,8-10,12,16,19-20H,7,11H2,1H3/t12?,16-/m0/s1. The fourth-order valence-electron chi connectivity index (χ4n) is 2.19. The van der Waals surface area contributed by atoms with Gasteiger partial charge in [0.25, 0.3) is 0 Å². The largest absolute Gasteiger partial charge is 0.395 e. The van der Waals surface area contributed by atoms with Crippen LogP contribution in [-0.2, 0) is 6.42 Å². The van der Waals surface area contributed by atoms with Crippen LogP contribution >= 0.6 is 0 Å². The van der Waals surface area contributed by atoms with Gasteiger partial charge in [-0.3, -0.25) is 4.98 Å². The summed E-state index contributed by atoms with van der Waals surface area (Å²) in [6, 6.07) is 11.3. The van der Waals surface area contributed by atoms with Crippen LogP contribution in [0.5, 0.6) is 0 Å². The minimum Gasteiger partial charge on any atom is -0.395 e. The molecule has 1 unspecified atom stereocenters. The summed E-state index contributed by atoms with van der Waals surface area (Å²) in [4.78, 5) is 3.84. The van der Waals surface area contributed by atoms with Gasteiger partial charge in [-0.05, 0) is 30.5 Å². The second-order valence-corrected chi connectivity index (χ2v) is 4.89. The molecule has 106 valence electrons. The second-order valence-electron chi connectivity index (χ2n) is 4.89. The Morgan fingerprint density at radius 3 is 2.65 bits per heavy atom. The Balaban J connectivity index is 1.99. The number of aliphatic hydroxyl groups is 1. The van der Waals surface area contributed by atoms with Gasteiger partial charge >= 0.3 is 0 Å². The van der Waals surface area contributed by atoms with Gasteiger partial charge in [0.15, 0.2) is 0 Å². The van der Waals surface area contributed by atoms with E-state index in [0.29, 0.717) is 0 Å². The van der Waals surface area contributed by atoms with Gasteiger partial charge in [0.2, 0.25) is 0 Å². The third-order valence-corrected chi connectivity index (χ3v) is 3.26. The topological polar surface area (TPSA) is 45.1 Å². The first-order valence-electron chi connectivity index (χ1n) is 6.70. The molecule has 0 aliphatic rings. The zero-order valence-electron chi connectivity index (χ0n) is 11.5. The Labute approximate surface area is 118 Å². The Morgan fingerprint density at radius 2 is 2.00 bits per heavy atom. The quantitative estimate of drug-likeness (QED) is 0.850. The van der Waals surface area contributed by atoms with Gasteiger partial charge in [-0.25, -0.2) is 4.39 Å². The number of benzene rings is 1. The molecular weight excluding hydrogens is 255 g/mol. The van der Waals surface area contributed by atoms with Crippen molar-refractivity contribution in [2.75, 3.05) is 6.61 Å². The number of aromatic nitrogens is 1. The maximum atomic E-state index is 13.2. The molecule has 0 aliphatic carbocycles. The predicted molar refractivity (Wildman–Crippen MR) is 76.8 cm³/mol. The summed E-state index contributed by atoms with van der Waals surface area (Å²) in [6.45, 7) is 1.96. The fraction of sp³-hybridized carbons (Fsp3) is 0.312. The van der Waals surface area contributed by atoms with Gasteiger partial charge in [0, 0.05) is 18.3 Å². The lowest BCUT2D eigenvalue weighted by Gasteiger charge is -2.22. The van der Waals surface area contributed by atoms with E-state index in [0.717, 1.165) is 17.5 Å². The molecule has 0 amide bonds. The molecule has 0 aliphatic heterocycles. The maximum Gasteiger partial charge on any atom is 0.141 e. The fourth-order valence-corrected chi connectivity index (χ4v) is 2.19. The molecule has 2 aromatic rings. The molecule has 0 saturated carbocycles. The highest BCUT2D eigenvalue weighted by Crippen LogP contribution is 2.14. The normalized spacial score (nSPS) is 13.9.